The molecule has 1 aromatic heterocycles. The Bertz CT molecular complexity index is 1020. The van der Waals surface area contributed by atoms with E-state index in [0.29, 0.717) is 48.1 Å². The molecule has 5 rings (SSSR count). The summed E-state index contributed by atoms with van der Waals surface area (Å²) in [5, 5.41) is 2.96. The van der Waals surface area contributed by atoms with Gasteiger partial charge in [0.1, 0.15) is 11.6 Å². The Morgan fingerprint density at radius 1 is 1.21 bits per heavy atom. The van der Waals surface area contributed by atoms with Crippen LogP contribution in [0.15, 0.2) is 29.5 Å². The van der Waals surface area contributed by atoms with Crippen LogP contribution in [-0.4, -0.2) is 28.7 Å². The fourth-order valence-corrected chi connectivity index (χ4v) is 8.49. The molecule has 3 fully saturated rings. The highest BCUT2D eigenvalue weighted by Gasteiger charge is 2.60. The summed E-state index contributed by atoms with van der Waals surface area (Å²) in [6.07, 6.45) is 7.98. The standard InChI is InChI=1S/C27H38N4O2/c1-16-14-18-19-9-8-17(15-23(32)30-22-7-5-6-21(28)29-22)26(19,2)12-10-20(18)27(3)13-11-24(33)31(4)25(16)27/h5-7,17-20H,8-15H2,1-4H3,(H3,28,29,30,32)/t17-,18?,19+,20?,26-,27-/m1/s1. The van der Waals surface area contributed by atoms with Crippen LogP contribution in [0, 0.1) is 34.5 Å². The highest BCUT2D eigenvalue weighted by Crippen LogP contribution is 2.67. The Balaban J connectivity index is 1.35. The quantitative estimate of drug-likeness (QED) is 0.679. The summed E-state index contributed by atoms with van der Waals surface area (Å²) >= 11 is 0. The summed E-state index contributed by atoms with van der Waals surface area (Å²) in [6.45, 7) is 7.13. The molecule has 0 spiro atoms. The van der Waals surface area contributed by atoms with Crippen molar-refractivity contribution in [2.45, 2.75) is 72.1 Å². The van der Waals surface area contributed by atoms with E-state index in [1.54, 1.807) is 12.1 Å². The number of pyridine rings is 1. The molecule has 6 atom stereocenters. The average Bonchev–Trinajstić information content (AvgIpc) is 3.07. The van der Waals surface area contributed by atoms with Crippen LogP contribution >= 0.6 is 0 Å². The zero-order valence-corrected chi connectivity index (χ0v) is 20.5. The minimum atomic E-state index is 0.0449. The third-order valence-electron chi connectivity index (χ3n) is 9.98. The van der Waals surface area contributed by atoms with Gasteiger partial charge < -0.3 is 16.0 Å². The Hall–Kier alpha value is -2.37. The first-order chi connectivity index (χ1) is 15.6. The lowest BCUT2D eigenvalue weighted by atomic mass is 9.48. The first-order valence-electron chi connectivity index (χ1n) is 12.6. The Labute approximate surface area is 197 Å². The number of piperidine rings is 1. The number of likely N-dealkylation sites (tertiary alicyclic amines) is 1. The number of nitrogens with zero attached hydrogens (tertiary/aromatic N) is 2. The van der Waals surface area contributed by atoms with E-state index in [1.807, 2.05) is 18.0 Å². The highest BCUT2D eigenvalue weighted by atomic mass is 16.2. The van der Waals surface area contributed by atoms with Gasteiger partial charge in [-0.15, -0.1) is 0 Å². The second kappa shape index (κ2) is 7.85. The fourth-order valence-electron chi connectivity index (χ4n) is 8.49. The number of fused-ring (bicyclic) bond motifs is 5. The number of amides is 2. The van der Waals surface area contributed by atoms with E-state index in [2.05, 4.69) is 31.1 Å². The molecule has 1 saturated heterocycles. The molecule has 0 radical (unpaired) electrons. The molecule has 3 N–H and O–H groups in total. The van der Waals surface area contributed by atoms with E-state index in [9.17, 15) is 9.59 Å². The summed E-state index contributed by atoms with van der Waals surface area (Å²) in [5.74, 6) is 3.60. The number of aromatic nitrogens is 1. The molecule has 1 aromatic rings. The van der Waals surface area contributed by atoms with Gasteiger partial charge in [-0.2, -0.15) is 0 Å². The Morgan fingerprint density at radius 2 is 2.00 bits per heavy atom. The third kappa shape index (κ3) is 3.48. The number of carbonyl (C=O) groups excluding carboxylic acids is 2. The second-order valence-corrected chi connectivity index (χ2v) is 11.6. The molecule has 6 nitrogen and oxygen atoms in total. The Morgan fingerprint density at radius 3 is 2.76 bits per heavy atom. The molecular weight excluding hydrogens is 412 g/mol. The predicted octanol–water partition coefficient (Wildman–Crippen LogP) is 4.99. The van der Waals surface area contributed by atoms with Gasteiger partial charge in [0.15, 0.2) is 0 Å². The van der Waals surface area contributed by atoms with Crippen LogP contribution in [0.1, 0.15) is 72.1 Å². The molecule has 1 aliphatic heterocycles. The Kier molecular flexibility index (Phi) is 5.33. The summed E-state index contributed by atoms with van der Waals surface area (Å²) in [7, 11) is 1.98. The van der Waals surface area contributed by atoms with Gasteiger partial charge in [-0.25, -0.2) is 4.98 Å². The molecule has 3 aliphatic carbocycles. The summed E-state index contributed by atoms with van der Waals surface area (Å²) < 4.78 is 0. The summed E-state index contributed by atoms with van der Waals surface area (Å²) in [4.78, 5) is 31.6. The molecule has 6 heteroatoms. The number of carbonyl (C=O) groups is 2. The zero-order valence-electron chi connectivity index (χ0n) is 20.5. The largest absolute Gasteiger partial charge is 0.384 e. The van der Waals surface area contributed by atoms with Crippen molar-refractivity contribution in [2.24, 2.45) is 34.5 Å². The number of nitrogen functional groups attached to an aromatic ring is 1. The first-order valence-corrected chi connectivity index (χ1v) is 12.6. The van der Waals surface area contributed by atoms with E-state index < -0.39 is 0 Å². The lowest BCUT2D eigenvalue weighted by Gasteiger charge is -2.59. The number of hydrogen-bond acceptors (Lipinski definition) is 4. The van der Waals surface area contributed by atoms with Crippen molar-refractivity contribution in [2.75, 3.05) is 18.1 Å². The minimum Gasteiger partial charge on any atom is -0.384 e. The lowest BCUT2D eigenvalue weighted by molar-refractivity contribution is -0.136. The van der Waals surface area contributed by atoms with Crippen molar-refractivity contribution in [1.82, 2.24) is 9.88 Å². The van der Waals surface area contributed by atoms with Crippen molar-refractivity contribution in [3.8, 4) is 0 Å². The zero-order chi connectivity index (χ0) is 23.5. The van der Waals surface area contributed by atoms with Gasteiger partial charge in [-0.1, -0.05) is 25.5 Å². The van der Waals surface area contributed by atoms with Crippen LogP contribution in [0.4, 0.5) is 11.6 Å². The highest BCUT2D eigenvalue weighted by molar-refractivity contribution is 5.90. The number of nitrogens with two attached hydrogens (primary N) is 1. The fraction of sp³-hybridized carbons (Fsp3) is 0.667. The minimum absolute atomic E-state index is 0.0449. The molecule has 4 aliphatic rings. The van der Waals surface area contributed by atoms with Gasteiger partial charge in [0, 0.05) is 31.0 Å². The molecule has 0 bridgehead atoms. The van der Waals surface area contributed by atoms with Gasteiger partial charge in [0.2, 0.25) is 11.8 Å². The first kappa shape index (κ1) is 22.4. The topological polar surface area (TPSA) is 88.3 Å². The van der Waals surface area contributed by atoms with Gasteiger partial charge in [0.25, 0.3) is 0 Å². The van der Waals surface area contributed by atoms with Gasteiger partial charge in [-0.05, 0) is 86.7 Å². The van der Waals surface area contributed by atoms with Crippen molar-refractivity contribution in [3.63, 3.8) is 0 Å². The molecule has 178 valence electrons. The molecule has 33 heavy (non-hydrogen) atoms. The number of allylic oxidation sites excluding steroid dienone is 2. The van der Waals surface area contributed by atoms with Gasteiger partial charge in [0.05, 0.1) is 0 Å². The average molecular weight is 451 g/mol. The molecular formula is C27H38N4O2. The monoisotopic (exact) mass is 450 g/mol. The molecule has 0 aromatic carbocycles. The SMILES string of the molecule is CC1=C2N(C)C(=O)CC[C@]2(C)C2CC[C@]3(C)[C@@H](CC(=O)Nc4cccc(N)n4)CC[C@H]3C2C1. The van der Waals surface area contributed by atoms with Crippen LogP contribution in [0.3, 0.4) is 0 Å². The van der Waals surface area contributed by atoms with Crippen molar-refractivity contribution in [3.05, 3.63) is 29.5 Å². The van der Waals surface area contributed by atoms with E-state index in [4.69, 9.17) is 5.73 Å². The smallest absolute Gasteiger partial charge is 0.226 e. The maximum Gasteiger partial charge on any atom is 0.226 e. The normalized spacial score (nSPS) is 37.9. The van der Waals surface area contributed by atoms with Crippen LogP contribution in [0.25, 0.3) is 0 Å². The molecule has 2 heterocycles. The van der Waals surface area contributed by atoms with E-state index in [-0.39, 0.29) is 22.6 Å². The van der Waals surface area contributed by atoms with Crippen molar-refractivity contribution < 1.29 is 9.59 Å². The molecule has 2 unspecified atom stereocenters. The van der Waals surface area contributed by atoms with Gasteiger partial charge >= 0.3 is 0 Å². The maximum atomic E-state index is 12.9. The summed E-state index contributed by atoms with van der Waals surface area (Å²) in [5.41, 5.74) is 8.79. The van der Waals surface area contributed by atoms with Crippen molar-refractivity contribution >= 4 is 23.5 Å². The number of nitrogens with one attached hydrogen (secondary N) is 1. The van der Waals surface area contributed by atoms with Crippen LogP contribution in [-0.2, 0) is 9.59 Å². The van der Waals surface area contributed by atoms with E-state index in [1.165, 1.54) is 30.5 Å². The summed E-state index contributed by atoms with van der Waals surface area (Å²) in [6, 6.07) is 5.33. The van der Waals surface area contributed by atoms with E-state index in [0.717, 1.165) is 19.3 Å². The van der Waals surface area contributed by atoms with Crippen LogP contribution < -0.4 is 11.1 Å². The maximum absolute atomic E-state index is 12.9. The van der Waals surface area contributed by atoms with Crippen LogP contribution in [0.2, 0.25) is 0 Å². The third-order valence-corrected chi connectivity index (χ3v) is 9.98. The van der Waals surface area contributed by atoms with E-state index >= 15 is 0 Å². The number of anilines is 2. The molecule has 2 amide bonds. The number of hydrogen-bond donors (Lipinski definition) is 2. The number of rotatable bonds is 3. The second-order valence-electron chi connectivity index (χ2n) is 11.6. The van der Waals surface area contributed by atoms with Crippen molar-refractivity contribution in [1.29, 1.82) is 0 Å². The van der Waals surface area contributed by atoms with Gasteiger partial charge in [-0.3, -0.25) is 9.59 Å². The molecule has 2 saturated carbocycles. The predicted molar refractivity (Wildman–Crippen MR) is 130 cm³/mol. The van der Waals surface area contributed by atoms with Crippen LogP contribution in [0.5, 0.6) is 0 Å². The lowest BCUT2D eigenvalue weighted by Crippen LogP contribution is -2.54.